The number of nitrogens with zero attached hydrogens (tertiary/aromatic N) is 3. The van der Waals surface area contributed by atoms with Gasteiger partial charge in [0.25, 0.3) is 10.0 Å². The highest BCUT2D eigenvalue weighted by Crippen LogP contribution is 2.37. The van der Waals surface area contributed by atoms with Crippen LogP contribution >= 0.6 is 0 Å². The number of anilines is 2. The first-order chi connectivity index (χ1) is 18.6. The number of aryl methyl sites for hydroxylation is 1. The molecule has 0 radical (unpaired) electrons. The average Bonchev–Trinajstić information content (AvgIpc) is 2.89. The summed E-state index contributed by atoms with van der Waals surface area (Å²) in [6.45, 7) is 1.82. The summed E-state index contributed by atoms with van der Waals surface area (Å²) in [4.78, 5) is 12.3. The molecule has 0 aliphatic heterocycles. The molecule has 0 spiro atoms. The predicted molar refractivity (Wildman–Crippen MR) is 143 cm³/mol. The van der Waals surface area contributed by atoms with Crippen molar-refractivity contribution in [2.75, 3.05) is 17.6 Å². The van der Waals surface area contributed by atoms with Gasteiger partial charge in [-0.05, 0) is 68.5 Å². The van der Waals surface area contributed by atoms with Crippen LogP contribution in [-0.4, -0.2) is 36.6 Å². The van der Waals surface area contributed by atoms with E-state index in [1.807, 2.05) is 19.1 Å². The molecule has 204 valence electrons. The Kier molecular flexibility index (Phi) is 7.21. The van der Waals surface area contributed by atoms with Gasteiger partial charge in [-0.25, -0.2) is 32.2 Å². The number of rotatable bonds is 7. The van der Waals surface area contributed by atoms with Crippen LogP contribution in [0.3, 0.4) is 0 Å². The lowest BCUT2D eigenvalue weighted by molar-refractivity contribution is 0.157. The Morgan fingerprint density at radius 2 is 1.79 bits per heavy atom. The van der Waals surface area contributed by atoms with Gasteiger partial charge in [-0.15, -0.1) is 0 Å². The summed E-state index contributed by atoms with van der Waals surface area (Å²) in [7, 11) is -3.11. The van der Waals surface area contributed by atoms with Gasteiger partial charge in [-0.3, -0.25) is 4.72 Å². The van der Waals surface area contributed by atoms with Crippen LogP contribution in [0.15, 0.2) is 47.5 Å². The first-order valence-corrected chi connectivity index (χ1v) is 13.9. The Morgan fingerprint density at radius 3 is 2.51 bits per heavy atom. The van der Waals surface area contributed by atoms with Crippen molar-refractivity contribution in [3.8, 4) is 22.8 Å². The molecule has 5 rings (SSSR count). The largest absolute Gasteiger partial charge is 0.488 e. The van der Waals surface area contributed by atoms with E-state index in [0.717, 1.165) is 43.2 Å². The third kappa shape index (κ3) is 5.56. The Morgan fingerprint density at radius 1 is 1.03 bits per heavy atom. The molecule has 1 saturated carbocycles. The molecule has 1 aliphatic carbocycles. The maximum absolute atomic E-state index is 14.3. The second kappa shape index (κ2) is 10.6. The van der Waals surface area contributed by atoms with Gasteiger partial charge in [0.15, 0.2) is 0 Å². The highest BCUT2D eigenvalue weighted by molar-refractivity contribution is 7.92. The van der Waals surface area contributed by atoms with Gasteiger partial charge in [0.2, 0.25) is 11.8 Å². The normalized spacial score (nSPS) is 14.4. The first-order valence-electron chi connectivity index (χ1n) is 12.4. The number of nitrogens with two attached hydrogens (primary N) is 1. The van der Waals surface area contributed by atoms with E-state index in [4.69, 9.17) is 15.2 Å². The molecule has 0 unspecified atom stereocenters. The Labute approximate surface area is 224 Å². The van der Waals surface area contributed by atoms with Crippen molar-refractivity contribution < 1.29 is 26.7 Å². The van der Waals surface area contributed by atoms with E-state index < -0.39 is 26.6 Å². The van der Waals surface area contributed by atoms with E-state index in [1.54, 1.807) is 0 Å². The van der Waals surface area contributed by atoms with Crippen LogP contribution in [0.25, 0.3) is 22.0 Å². The molecular weight excluding hydrogens is 528 g/mol. The van der Waals surface area contributed by atoms with Crippen LogP contribution in [0, 0.1) is 18.6 Å². The zero-order valence-corrected chi connectivity index (χ0v) is 22.2. The molecule has 0 atom stereocenters. The second-order valence-corrected chi connectivity index (χ2v) is 11.0. The van der Waals surface area contributed by atoms with Crippen LogP contribution in [0.4, 0.5) is 20.4 Å². The summed E-state index contributed by atoms with van der Waals surface area (Å²) in [6.07, 6.45) is 6.76. The number of halogens is 2. The van der Waals surface area contributed by atoms with Gasteiger partial charge in [-0.2, -0.15) is 0 Å². The molecule has 9 nitrogen and oxygen atoms in total. The number of fused-ring (bicyclic) bond motifs is 1. The van der Waals surface area contributed by atoms with Crippen molar-refractivity contribution in [3.63, 3.8) is 0 Å². The first kappa shape index (κ1) is 26.5. The minimum atomic E-state index is -4.44. The third-order valence-electron chi connectivity index (χ3n) is 6.62. The molecule has 2 aromatic carbocycles. The number of ether oxygens (including phenoxy) is 2. The van der Waals surface area contributed by atoms with E-state index in [1.165, 1.54) is 25.8 Å². The van der Waals surface area contributed by atoms with Crippen LogP contribution in [0.5, 0.6) is 11.6 Å². The second-order valence-electron chi connectivity index (χ2n) is 9.38. The minimum absolute atomic E-state index is 0.0288. The Balaban J connectivity index is 1.59. The zero-order chi connectivity index (χ0) is 27.7. The molecule has 1 fully saturated rings. The molecule has 0 bridgehead atoms. The van der Waals surface area contributed by atoms with Gasteiger partial charge >= 0.3 is 0 Å². The fraction of sp³-hybridized carbons (Fsp3) is 0.296. The highest BCUT2D eigenvalue weighted by atomic mass is 32.2. The van der Waals surface area contributed by atoms with Crippen LogP contribution in [0.1, 0.15) is 37.8 Å². The molecule has 4 aromatic rings. The van der Waals surface area contributed by atoms with Crippen molar-refractivity contribution >= 4 is 32.6 Å². The predicted octanol–water partition coefficient (Wildman–Crippen LogP) is 5.38. The van der Waals surface area contributed by atoms with Crippen LogP contribution < -0.4 is 19.9 Å². The van der Waals surface area contributed by atoms with E-state index in [2.05, 4.69) is 19.7 Å². The Hall–Kier alpha value is -4.06. The number of pyridine rings is 1. The number of nitrogen functional groups attached to an aromatic ring is 1. The number of aromatic nitrogens is 3. The lowest BCUT2D eigenvalue weighted by atomic mass is 9.97. The number of hydrogen-bond donors (Lipinski definition) is 2. The lowest BCUT2D eigenvalue weighted by Gasteiger charge is -2.24. The van der Waals surface area contributed by atoms with Gasteiger partial charge < -0.3 is 15.2 Å². The van der Waals surface area contributed by atoms with Gasteiger partial charge in [0, 0.05) is 23.2 Å². The molecule has 39 heavy (non-hydrogen) atoms. The average molecular weight is 556 g/mol. The molecular formula is C27H27F2N5O4S. The molecule has 2 aromatic heterocycles. The van der Waals surface area contributed by atoms with E-state index in [0.29, 0.717) is 34.2 Å². The summed E-state index contributed by atoms with van der Waals surface area (Å²) >= 11 is 0. The zero-order valence-electron chi connectivity index (χ0n) is 21.4. The van der Waals surface area contributed by atoms with Crippen molar-refractivity contribution in [1.29, 1.82) is 0 Å². The fourth-order valence-corrected chi connectivity index (χ4v) is 5.84. The smallest absolute Gasteiger partial charge is 0.264 e. The quantitative estimate of drug-likeness (QED) is 0.311. The summed E-state index contributed by atoms with van der Waals surface area (Å²) in [5, 5.41) is 0.721. The topological polar surface area (TPSA) is 129 Å². The number of sulfonamides is 1. The molecule has 12 heteroatoms. The number of methoxy groups -OCH3 is 1. The molecule has 0 amide bonds. The van der Waals surface area contributed by atoms with Crippen molar-refractivity contribution in [2.24, 2.45) is 0 Å². The van der Waals surface area contributed by atoms with E-state index in [-0.39, 0.29) is 23.6 Å². The van der Waals surface area contributed by atoms with E-state index in [9.17, 15) is 17.2 Å². The summed E-state index contributed by atoms with van der Waals surface area (Å²) in [6, 6.07) is 7.39. The van der Waals surface area contributed by atoms with Crippen LogP contribution in [-0.2, 0) is 10.0 Å². The maximum atomic E-state index is 14.3. The summed E-state index contributed by atoms with van der Waals surface area (Å²) < 4.78 is 67.5. The number of hydrogen-bond acceptors (Lipinski definition) is 8. The highest BCUT2D eigenvalue weighted by Gasteiger charge is 2.23. The van der Waals surface area contributed by atoms with Gasteiger partial charge in [0.1, 0.15) is 33.5 Å². The number of nitrogens with one attached hydrogen (secondary N) is 1. The van der Waals surface area contributed by atoms with Crippen LogP contribution in [0.2, 0.25) is 0 Å². The summed E-state index contributed by atoms with van der Waals surface area (Å²) in [5.74, 6) is -1.47. The molecule has 2 heterocycles. The fourth-order valence-electron chi connectivity index (χ4n) is 4.73. The molecule has 0 saturated heterocycles. The third-order valence-corrected chi connectivity index (χ3v) is 8.02. The SMILES string of the molecule is COc1ncc(-c2cc(OC3CCCCC3)c3nc(N)nc(C)c3c2)cc1NS(=O)(=O)c1ccc(F)cc1F. The monoisotopic (exact) mass is 555 g/mol. The van der Waals surface area contributed by atoms with Gasteiger partial charge in [0.05, 0.1) is 18.9 Å². The van der Waals surface area contributed by atoms with Gasteiger partial charge in [-0.1, -0.05) is 6.42 Å². The summed E-state index contributed by atoms with van der Waals surface area (Å²) in [5.41, 5.74) is 8.34. The van der Waals surface area contributed by atoms with E-state index >= 15 is 0 Å². The van der Waals surface area contributed by atoms with Crippen molar-refractivity contribution in [2.45, 2.75) is 50.0 Å². The lowest BCUT2D eigenvalue weighted by Crippen LogP contribution is -2.20. The standard InChI is InChI=1S/C27H27F2N5O4S/c1-15-20-10-16(12-23(25(20)33-27(30)32-15)38-19-6-4-3-5-7-19)17-11-22(26(37-2)31-14-17)34-39(35,36)24-9-8-18(28)13-21(24)29/h8-14,19,34H,3-7H2,1-2H3,(H2,30,32,33). The molecule has 1 aliphatic rings. The number of benzene rings is 2. The van der Waals surface area contributed by atoms with Crippen molar-refractivity contribution in [1.82, 2.24) is 15.0 Å². The maximum Gasteiger partial charge on any atom is 0.264 e. The van der Waals surface area contributed by atoms with Crippen molar-refractivity contribution in [3.05, 3.63) is 59.9 Å². The Bertz CT molecular complexity index is 1660. The minimum Gasteiger partial charge on any atom is -0.488 e. The molecule has 3 N–H and O–H groups in total.